The average molecular weight is 630 g/mol. The summed E-state index contributed by atoms with van der Waals surface area (Å²) in [5.41, 5.74) is 11.9. The zero-order chi connectivity index (χ0) is 33.3. The van der Waals surface area contributed by atoms with Gasteiger partial charge in [-0.2, -0.15) is 0 Å². The summed E-state index contributed by atoms with van der Waals surface area (Å²) in [6.45, 7) is 4.56. The molecule has 0 amide bonds. The van der Waals surface area contributed by atoms with Crippen LogP contribution < -0.4 is 0 Å². The SMILES string of the molecule is CC1(C)c2ccccc2-c2c(-c3nc(-c4ccc(-c5ccccc5)cc4)nc(-c4ccc5ccc6c(c5c4)C(=N)C(=N)C=C6)n3)cccc21. The number of nitrogens with zero attached hydrogens (tertiary/aromatic N) is 3. The molecule has 0 unspecified atom stereocenters. The predicted molar refractivity (Wildman–Crippen MR) is 200 cm³/mol. The van der Waals surface area contributed by atoms with Gasteiger partial charge in [-0.1, -0.05) is 141 Å². The van der Waals surface area contributed by atoms with E-state index in [2.05, 4.69) is 111 Å². The Bertz CT molecular complexity index is 2540. The molecule has 0 radical (unpaired) electrons. The first-order valence-electron chi connectivity index (χ1n) is 16.5. The summed E-state index contributed by atoms with van der Waals surface area (Å²) in [6.07, 6.45) is 3.60. The maximum absolute atomic E-state index is 8.75. The Morgan fingerprint density at radius 3 is 1.92 bits per heavy atom. The van der Waals surface area contributed by atoms with Crippen LogP contribution in [0.5, 0.6) is 0 Å². The number of benzene rings is 6. The van der Waals surface area contributed by atoms with Gasteiger partial charge in [-0.3, -0.25) is 10.8 Å². The standard InChI is InChI=1S/C44H31N5/c1-44(2)35-13-7-6-11-32(35)39-33(12-8-14-36(39)44)43-48-41(30-20-15-27(16-21-30)26-9-4-3-5-10-26)47-42(49-43)31-22-18-28-17-19-29-23-24-37(45)40(46)38(29)34(28)25-31/h3-25,45-46H,1-2H3. The second-order valence-corrected chi connectivity index (χ2v) is 13.2. The van der Waals surface area contributed by atoms with Crippen LogP contribution in [0.4, 0.5) is 0 Å². The molecule has 5 nitrogen and oxygen atoms in total. The van der Waals surface area contributed by atoms with E-state index in [1.54, 1.807) is 6.08 Å². The molecule has 0 aliphatic heterocycles. The summed E-state index contributed by atoms with van der Waals surface area (Å²) in [5.74, 6) is 1.77. The molecular formula is C44H31N5. The highest BCUT2D eigenvalue weighted by Crippen LogP contribution is 2.51. The number of rotatable bonds is 4. The number of nitrogens with one attached hydrogen (secondary N) is 2. The minimum atomic E-state index is -0.155. The van der Waals surface area contributed by atoms with Crippen molar-refractivity contribution in [3.8, 4) is 56.4 Å². The molecule has 9 rings (SSSR count). The molecule has 1 heterocycles. The Hall–Kier alpha value is -6.33. The molecule has 2 aliphatic carbocycles. The topological polar surface area (TPSA) is 86.4 Å². The average Bonchev–Trinajstić information content (AvgIpc) is 3.39. The van der Waals surface area contributed by atoms with E-state index >= 15 is 0 Å². The van der Waals surface area contributed by atoms with Crippen molar-refractivity contribution in [3.05, 3.63) is 156 Å². The number of allylic oxidation sites excluding steroid dienone is 1. The first-order valence-corrected chi connectivity index (χ1v) is 16.5. The molecule has 5 heteroatoms. The molecule has 2 N–H and O–H groups in total. The summed E-state index contributed by atoms with van der Waals surface area (Å²) in [4.78, 5) is 15.4. The zero-order valence-corrected chi connectivity index (χ0v) is 27.1. The maximum Gasteiger partial charge on any atom is 0.164 e. The summed E-state index contributed by atoms with van der Waals surface area (Å²) >= 11 is 0. The molecule has 2 aliphatic rings. The fourth-order valence-electron chi connectivity index (χ4n) is 7.42. The second kappa shape index (κ2) is 10.9. The van der Waals surface area contributed by atoms with Gasteiger partial charge in [0.25, 0.3) is 0 Å². The van der Waals surface area contributed by atoms with E-state index in [-0.39, 0.29) is 16.8 Å². The number of hydrogen-bond acceptors (Lipinski definition) is 5. The van der Waals surface area contributed by atoms with Crippen molar-refractivity contribution < 1.29 is 0 Å². The third kappa shape index (κ3) is 4.58. The lowest BCUT2D eigenvalue weighted by molar-refractivity contribution is 0.660. The minimum absolute atomic E-state index is 0.155. The summed E-state index contributed by atoms with van der Waals surface area (Å²) in [7, 11) is 0. The number of aromatic nitrogens is 3. The van der Waals surface area contributed by atoms with Gasteiger partial charge in [0.2, 0.25) is 0 Å². The van der Waals surface area contributed by atoms with Gasteiger partial charge < -0.3 is 0 Å². The van der Waals surface area contributed by atoms with E-state index in [1.165, 1.54) is 16.7 Å². The van der Waals surface area contributed by atoms with Gasteiger partial charge >= 0.3 is 0 Å². The van der Waals surface area contributed by atoms with Crippen LogP contribution in [0.15, 0.2) is 133 Å². The van der Waals surface area contributed by atoms with Crippen molar-refractivity contribution in [1.82, 2.24) is 15.0 Å². The molecule has 7 aromatic rings. The van der Waals surface area contributed by atoms with Crippen molar-refractivity contribution >= 4 is 28.3 Å². The highest BCUT2D eigenvalue weighted by atomic mass is 15.0. The van der Waals surface area contributed by atoms with Crippen LogP contribution in [-0.4, -0.2) is 26.4 Å². The van der Waals surface area contributed by atoms with Crippen LogP contribution in [0.2, 0.25) is 0 Å². The largest absolute Gasteiger partial charge is 0.299 e. The van der Waals surface area contributed by atoms with E-state index in [1.807, 2.05) is 36.4 Å². The van der Waals surface area contributed by atoms with Crippen LogP contribution in [0.1, 0.15) is 36.1 Å². The lowest BCUT2D eigenvalue weighted by Crippen LogP contribution is -2.16. The Morgan fingerprint density at radius 2 is 1.10 bits per heavy atom. The van der Waals surface area contributed by atoms with Gasteiger partial charge in [0.15, 0.2) is 17.5 Å². The van der Waals surface area contributed by atoms with Crippen molar-refractivity contribution in [1.29, 1.82) is 10.8 Å². The van der Waals surface area contributed by atoms with Gasteiger partial charge in [0, 0.05) is 27.7 Å². The van der Waals surface area contributed by atoms with Crippen LogP contribution in [0.25, 0.3) is 73.3 Å². The summed E-state index contributed by atoms with van der Waals surface area (Å²) in [5, 5.41) is 19.0. The molecule has 49 heavy (non-hydrogen) atoms. The van der Waals surface area contributed by atoms with Crippen LogP contribution >= 0.6 is 0 Å². The monoisotopic (exact) mass is 629 g/mol. The second-order valence-electron chi connectivity index (χ2n) is 13.2. The summed E-state index contributed by atoms with van der Waals surface area (Å²) < 4.78 is 0. The molecule has 0 fully saturated rings. The molecule has 0 bridgehead atoms. The van der Waals surface area contributed by atoms with Crippen molar-refractivity contribution in [2.24, 2.45) is 0 Å². The quantitative estimate of drug-likeness (QED) is 0.203. The molecule has 6 aromatic carbocycles. The first kappa shape index (κ1) is 28.9. The molecular weight excluding hydrogens is 599 g/mol. The highest BCUT2D eigenvalue weighted by molar-refractivity contribution is 6.53. The van der Waals surface area contributed by atoms with E-state index in [4.69, 9.17) is 25.8 Å². The predicted octanol–water partition coefficient (Wildman–Crippen LogP) is 10.4. The van der Waals surface area contributed by atoms with Gasteiger partial charge in [-0.25, -0.2) is 15.0 Å². The smallest absolute Gasteiger partial charge is 0.164 e. The molecule has 0 saturated heterocycles. The molecule has 0 saturated carbocycles. The van der Waals surface area contributed by atoms with Crippen molar-refractivity contribution in [2.75, 3.05) is 0 Å². The third-order valence-corrected chi connectivity index (χ3v) is 9.99. The van der Waals surface area contributed by atoms with Crippen molar-refractivity contribution in [2.45, 2.75) is 19.3 Å². The van der Waals surface area contributed by atoms with E-state index in [0.29, 0.717) is 17.5 Å². The third-order valence-electron chi connectivity index (χ3n) is 9.99. The Morgan fingerprint density at radius 1 is 0.490 bits per heavy atom. The Labute approximate surface area is 284 Å². The molecule has 1 aromatic heterocycles. The van der Waals surface area contributed by atoms with E-state index in [0.717, 1.165) is 55.3 Å². The highest BCUT2D eigenvalue weighted by Gasteiger charge is 2.37. The summed E-state index contributed by atoms with van der Waals surface area (Å²) in [6, 6.07) is 44.0. The van der Waals surface area contributed by atoms with Gasteiger partial charge in [-0.05, 0) is 61.9 Å². The van der Waals surface area contributed by atoms with Gasteiger partial charge in [-0.15, -0.1) is 0 Å². The Balaban J connectivity index is 1.26. The fourth-order valence-corrected chi connectivity index (χ4v) is 7.42. The number of fused-ring (bicyclic) bond motifs is 6. The fraction of sp³-hybridized carbons (Fsp3) is 0.0682. The Kier molecular flexibility index (Phi) is 6.40. The molecule has 232 valence electrons. The molecule has 0 spiro atoms. The van der Waals surface area contributed by atoms with Crippen LogP contribution in [-0.2, 0) is 5.41 Å². The van der Waals surface area contributed by atoms with Gasteiger partial charge in [0.1, 0.15) is 0 Å². The lowest BCUT2D eigenvalue weighted by atomic mass is 9.82. The van der Waals surface area contributed by atoms with Crippen LogP contribution in [0.3, 0.4) is 0 Å². The van der Waals surface area contributed by atoms with Gasteiger partial charge in [0.05, 0.1) is 11.4 Å². The zero-order valence-electron chi connectivity index (χ0n) is 27.1. The van der Waals surface area contributed by atoms with Crippen molar-refractivity contribution in [3.63, 3.8) is 0 Å². The lowest BCUT2D eigenvalue weighted by Gasteiger charge is -2.21. The van der Waals surface area contributed by atoms with E-state index < -0.39 is 0 Å². The van der Waals surface area contributed by atoms with Crippen LogP contribution in [0, 0.1) is 10.8 Å². The maximum atomic E-state index is 8.75. The normalized spacial score (nSPS) is 14.1. The molecule has 0 atom stereocenters. The number of hydrogen-bond donors (Lipinski definition) is 2. The minimum Gasteiger partial charge on any atom is -0.299 e. The first-order chi connectivity index (χ1) is 23.9. The van der Waals surface area contributed by atoms with E-state index in [9.17, 15) is 0 Å².